The van der Waals surface area contributed by atoms with Crippen molar-refractivity contribution in [3.05, 3.63) is 103 Å². The van der Waals surface area contributed by atoms with Gasteiger partial charge in [0.2, 0.25) is 5.91 Å². The molecule has 188 valence electrons. The number of carbonyl (C=O) groups excluding carboxylic acids is 2. The van der Waals surface area contributed by atoms with E-state index >= 15 is 0 Å². The Morgan fingerprint density at radius 1 is 0.919 bits per heavy atom. The summed E-state index contributed by atoms with van der Waals surface area (Å²) < 4.78 is 0. The maximum absolute atomic E-state index is 13.5. The lowest BCUT2D eigenvalue weighted by atomic mass is 10.0. The lowest BCUT2D eigenvalue weighted by molar-refractivity contribution is -0.113. The number of nitrogens with zero attached hydrogens (tertiary/aromatic N) is 1. The molecule has 3 amide bonds. The number of allylic oxidation sites excluding steroid dienone is 2. The van der Waals surface area contributed by atoms with Crippen molar-refractivity contribution in [2.24, 2.45) is 0 Å². The summed E-state index contributed by atoms with van der Waals surface area (Å²) in [5, 5.41) is 6.20. The first-order valence-electron chi connectivity index (χ1n) is 12.3. The highest BCUT2D eigenvalue weighted by Crippen LogP contribution is 2.43. The lowest BCUT2D eigenvalue weighted by Crippen LogP contribution is -2.49. The Labute approximate surface area is 226 Å². The molecule has 0 aromatic heterocycles. The van der Waals surface area contributed by atoms with Gasteiger partial charge in [-0.25, -0.2) is 4.79 Å². The molecule has 0 bridgehead atoms. The number of anilines is 3. The first kappa shape index (κ1) is 25.2. The van der Waals surface area contributed by atoms with Crippen molar-refractivity contribution in [1.29, 1.82) is 0 Å². The third-order valence-electron chi connectivity index (χ3n) is 6.28. The Bertz CT molecular complexity index is 1350. The summed E-state index contributed by atoms with van der Waals surface area (Å²) in [6, 6.07) is 23.4. The van der Waals surface area contributed by atoms with Gasteiger partial charge in [-0.2, -0.15) is 0 Å². The van der Waals surface area contributed by atoms with Crippen molar-refractivity contribution >= 4 is 52.5 Å². The zero-order valence-electron chi connectivity index (χ0n) is 20.8. The van der Waals surface area contributed by atoms with Crippen LogP contribution in [0.1, 0.15) is 25.3 Å². The minimum absolute atomic E-state index is 0.0549. The molecule has 2 unspecified atom stereocenters. The third-order valence-corrected chi connectivity index (χ3v) is 8.58. The van der Waals surface area contributed by atoms with Crippen LogP contribution in [-0.4, -0.2) is 29.0 Å². The topological polar surface area (TPSA) is 61.4 Å². The van der Waals surface area contributed by atoms with Gasteiger partial charge >= 0.3 is 6.03 Å². The molecule has 0 saturated heterocycles. The Balaban J connectivity index is 1.23. The molecule has 3 aromatic carbocycles. The van der Waals surface area contributed by atoms with Gasteiger partial charge in [0.25, 0.3) is 0 Å². The molecular formula is C30H29N3O2S2. The minimum atomic E-state index is -0.174. The molecule has 5 rings (SSSR count). The van der Waals surface area contributed by atoms with Crippen molar-refractivity contribution in [3.63, 3.8) is 0 Å². The smallest absolute Gasteiger partial charge is 0.325 e. The molecule has 2 atom stereocenters. The average Bonchev–Trinajstić information content (AvgIpc) is 2.91. The summed E-state index contributed by atoms with van der Waals surface area (Å²) >= 11 is 3.22. The summed E-state index contributed by atoms with van der Waals surface area (Å²) in [6.07, 6.45) is 8.26. The number of urea groups is 1. The summed E-state index contributed by atoms with van der Waals surface area (Å²) in [4.78, 5) is 29.9. The van der Waals surface area contributed by atoms with Crippen LogP contribution in [0.3, 0.4) is 0 Å². The molecule has 0 saturated carbocycles. The van der Waals surface area contributed by atoms with Crippen molar-refractivity contribution < 1.29 is 9.59 Å². The van der Waals surface area contributed by atoms with Crippen molar-refractivity contribution in [3.8, 4) is 0 Å². The van der Waals surface area contributed by atoms with Gasteiger partial charge in [0.1, 0.15) is 0 Å². The lowest BCUT2D eigenvalue weighted by Gasteiger charge is -2.40. The molecule has 1 aliphatic carbocycles. The van der Waals surface area contributed by atoms with Crippen LogP contribution in [0.2, 0.25) is 0 Å². The average molecular weight is 528 g/mol. The fraction of sp³-hybridized carbons (Fsp3) is 0.200. The quantitative estimate of drug-likeness (QED) is 0.325. The molecule has 1 aliphatic heterocycles. The highest BCUT2D eigenvalue weighted by molar-refractivity contribution is 8.00. The van der Waals surface area contributed by atoms with E-state index in [1.807, 2.05) is 83.8 Å². The molecule has 2 aliphatic rings. The maximum atomic E-state index is 13.5. The van der Waals surface area contributed by atoms with E-state index in [0.717, 1.165) is 21.2 Å². The number of hydrogen-bond acceptors (Lipinski definition) is 4. The summed E-state index contributed by atoms with van der Waals surface area (Å²) in [5.41, 5.74) is 3.64. The Morgan fingerprint density at radius 3 is 2.51 bits per heavy atom. The van der Waals surface area contributed by atoms with Gasteiger partial charge in [0.15, 0.2) is 0 Å². The molecule has 2 N–H and O–H groups in total. The zero-order chi connectivity index (χ0) is 25.8. The highest BCUT2D eigenvalue weighted by atomic mass is 32.2. The van der Waals surface area contributed by atoms with Gasteiger partial charge in [0.05, 0.1) is 22.7 Å². The predicted octanol–water partition coefficient (Wildman–Crippen LogP) is 7.55. The number of para-hydroxylation sites is 1. The first-order valence-corrected chi connectivity index (χ1v) is 14.2. The van der Waals surface area contributed by atoms with Crippen LogP contribution in [0.4, 0.5) is 21.9 Å². The number of benzene rings is 3. The van der Waals surface area contributed by atoms with E-state index in [0.29, 0.717) is 11.6 Å². The van der Waals surface area contributed by atoms with E-state index in [1.54, 1.807) is 11.8 Å². The number of thioether (sulfide) groups is 2. The Hall–Kier alpha value is -3.42. The number of nitrogens with one attached hydrogen (secondary N) is 2. The largest absolute Gasteiger partial charge is 0.326 e. The molecule has 1 heterocycles. The maximum Gasteiger partial charge on any atom is 0.326 e. The SMILES string of the molecule is CC(C)c1ccc(NC(=O)CSc2cccc(NC(=O)N3c4ccccc4SC4C=CC=CC43)c2)cc1. The number of fused-ring (bicyclic) bond motifs is 2. The minimum Gasteiger partial charge on any atom is -0.325 e. The van der Waals surface area contributed by atoms with Gasteiger partial charge in [0, 0.05) is 21.2 Å². The van der Waals surface area contributed by atoms with Crippen LogP contribution in [0.25, 0.3) is 0 Å². The molecule has 37 heavy (non-hydrogen) atoms. The number of rotatable bonds is 6. The Kier molecular flexibility index (Phi) is 7.72. The van der Waals surface area contributed by atoms with Gasteiger partial charge in [-0.15, -0.1) is 23.5 Å². The van der Waals surface area contributed by atoms with Gasteiger partial charge in [-0.05, 0) is 53.9 Å². The van der Waals surface area contributed by atoms with Crippen molar-refractivity contribution in [2.75, 3.05) is 21.3 Å². The van der Waals surface area contributed by atoms with E-state index in [1.165, 1.54) is 17.3 Å². The zero-order valence-corrected chi connectivity index (χ0v) is 22.4. The summed E-state index contributed by atoms with van der Waals surface area (Å²) in [7, 11) is 0. The number of carbonyl (C=O) groups is 2. The number of hydrogen-bond donors (Lipinski definition) is 2. The molecule has 0 spiro atoms. The summed E-state index contributed by atoms with van der Waals surface area (Å²) in [5.74, 6) is 0.664. The Morgan fingerprint density at radius 2 is 1.70 bits per heavy atom. The van der Waals surface area contributed by atoms with Gasteiger partial charge < -0.3 is 10.6 Å². The van der Waals surface area contributed by atoms with Crippen LogP contribution < -0.4 is 15.5 Å². The van der Waals surface area contributed by atoms with E-state index in [4.69, 9.17) is 0 Å². The monoisotopic (exact) mass is 527 g/mol. The normalized spacial score (nSPS) is 17.8. The van der Waals surface area contributed by atoms with Gasteiger partial charge in [-0.1, -0.05) is 68.5 Å². The second-order valence-corrected chi connectivity index (χ2v) is 11.5. The predicted molar refractivity (Wildman–Crippen MR) is 156 cm³/mol. The van der Waals surface area contributed by atoms with E-state index in [9.17, 15) is 9.59 Å². The first-order chi connectivity index (χ1) is 18.0. The molecule has 7 heteroatoms. The van der Waals surface area contributed by atoms with Crippen molar-refractivity contribution in [2.45, 2.75) is 40.8 Å². The number of amides is 3. The molecule has 5 nitrogen and oxygen atoms in total. The van der Waals surface area contributed by atoms with Crippen LogP contribution in [0.15, 0.2) is 107 Å². The van der Waals surface area contributed by atoms with E-state index in [-0.39, 0.29) is 29.0 Å². The molecule has 0 fully saturated rings. The van der Waals surface area contributed by atoms with E-state index < -0.39 is 0 Å². The molecular weight excluding hydrogens is 498 g/mol. The fourth-order valence-corrected chi connectivity index (χ4v) is 6.38. The van der Waals surface area contributed by atoms with E-state index in [2.05, 4.69) is 42.7 Å². The second kappa shape index (κ2) is 11.3. The molecule has 3 aromatic rings. The summed E-state index contributed by atoms with van der Waals surface area (Å²) in [6.45, 7) is 4.29. The third kappa shape index (κ3) is 5.95. The molecule has 0 radical (unpaired) electrons. The second-order valence-electron chi connectivity index (χ2n) is 9.25. The van der Waals surface area contributed by atoms with Crippen LogP contribution in [0.5, 0.6) is 0 Å². The van der Waals surface area contributed by atoms with Crippen LogP contribution in [-0.2, 0) is 4.79 Å². The van der Waals surface area contributed by atoms with Crippen molar-refractivity contribution in [1.82, 2.24) is 0 Å². The highest BCUT2D eigenvalue weighted by Gasteiger charge is 2.36. The standard InChI is InChI=1S/C30H29N3O2S2/c1-20(2)21-14-16-22(17-15-21)31-29(34)19-36-24-9-7-8-23(18-24)32-30(35)33-25-10-3-5-12-27(25)37-28-13-6-4-11-26(28)33/h3-18,20,25,27H,19H2,1-2H3,(H,31,34)(H,32,35). The van der Waals surface area contributed by atoms with Gasteiger partial charge in [-0.3, -0.25) is 9.69 Å². The fourth-order valence-electron chi connectivity index (χ4n) is 4.37. The van der Waals surface area contributed by atoms with Crippen LogP contribution >= 0.6 is 23.5 Å². The van der Waals surface area contributed by atoms with Crippen LogP contribution in [0, 0.1) is 0 Å².